The Morgan fingerprint density at radius 2 is 2.04 bits per heavy atom. The van der Waals surface area contributed by atoms with E-state index >= 15 is 0 Å². The van der Waals surface area contributed by atoms with Gasteiger partial charge in [-0.05, 0) is 36.4 Å². The molecule has 1 unspecified atom stereocenters. The lowest BCUT2D eigenvalue weighted by Gasteiger charge is -2.31. The van der Waals surface area contributed by atoms with Gasteiger partial charge in [0.15, 0.2) is 0 Å². The minimum absolute atomic E-state index is 0.0783. The number of hydrogen-bond acceptors (Lipinski definition) is 5. The van der Waals surface area contributed by atoms with E-state index in [4.69, 9.17) is 4.74 Å². The van der Waals surface area contributed by atoms with Crippen LogP contribution in [0.1, 0.15) is 43.5 Å². The van der Waals surface area contributed by atoms with Crippen LogP contribution in [0.5, 0.6) is 5.75 Å². The van der Waals surface area contributed by atoms with Crippen LogP contribution in [0.15, 0.2) is 40.6 Å². The third-order valence-corrected chi connectivity index (χ3v) is 8.23. The highest BCUT2D eigenvalue weighted by molar-refractivity contribution is 7.89. The van der Waals surface area contributed by atoms with Gasteiger partial charge in [-0.2, -0.15) is 4.31 Å². The minimum atomic E-state index is -3.68. The van der Waals surface area contributed by atoms with Crippen LogP contribution < -0.4 is 9.64 Å². The van der Waals surface area contributed by atoms with Gasteiger partial charge in [-0.1, -0.05) is 18.9 Å². The number of amides is 1. The van der Waals surface area contributed by atoms with Crippen LogP contribution in [-0.2, 0) is 14.8 Å². The van der Waals surface area contributed by atoms with Crippen molar-refractivity contribution >= 4 is 33.0 Å². The molecule has 150 valence electrons. The standard InChI is InChI=1S/C20H24N2O4S2/c1-15(23)21-11-12-26-19-14-16(8-9-17(19)21)28(24,25)22-10-4-2-3-6-18(22)20-7-5-13-27-20/h5,7-9,13-14,18H,2-4,6,10-12H2,1H3. The smallest absolute Gasteiger partial charge is 0.243 e. The normalized spacial score (nSPS) is 20.9. The van der Waals surface area contributed by atoms with Gasteiger partial charge in [0.05, 0.1) is 23.2 Å². The second-order valence-corrected chi connectivity index (χ2v) is 10.0. The van der Waals surface area contributed by atoms with Crippen molar-refractivity contribution < 1.29 is 17.9 Å². The number of thiophene rings is 1. The number of hydrogen-bond donors (Lipinski definition) is 0. The van der Waals surface area contributed by atoms with Gasteiger partial charge in [0.25, 0.3) is 0 Å². The van der Waals surface area contributed by atoms with Crippen LogP contribution in [0.2, 0.25) is 0 Å². The lowest BCUT2D eigenvalue weighted by molar-refractivity contribution is -0.116. The maximum Gasteiger partial charge on any atom is 0.243 e. The van der Waals surface area contributed by atoms with Crippen molar-refractivity contribution in [2.75, 3.05) is 24.6 Å². The molecule has 2 aliphatic rings. The first-order chi connectivity index (χ1) is 13.5. The van der Waals surface area contributed by atoms with Crippen molar-refractivity contribution in [2.24, 2.45) is 0 Å². The summed E-state index contributed by atoms with van der Waals surface area (Å²) in [5.41, 5.74) is 0.628. The average molecular weight is 421 g/mol. The van der Waals surface area contributed by atoms with E-state index in [0.717, 1.165) is 30.6 Å². The number of fused-ring (bicyclic) bond motifs is 1. The summed E-state index contributed by atoms with van der Waals surface area (Å²) < 4.78 is 34.4. The molecule has 0 aliphatic carbocycles. The third-order valence-electron chi connectivity index (χ3n) is 5.36. The fourth-order valence-corrected chi connectivity index (χ4v) is 6.59. The zero-order valence-corrected chi connectivity index (χ0v) is 17.5. The van der Waals surface area contributed by atoms with Gasteiger partial charge in [-0.3, -0.25) is 4.79 Å². The summed E-state index contributed by atoms with van der Waals surface area (Å²) in [5.74, 6) is 0.371. The van der Waals surface area contributed by atoms with Gasteiger partial charge in [-0.15, -0.1) is 11.3 Å². The Morgan fingerprint density at radius 3 is 2.79 bits per heavy atom. The van der Waals surface area contributed by atoms with Gasteiger partial charge in [0, 0.05) is 24.4 Å². The summed E-state index contributed by atoms with van der Waals surface area (Å²) in [7, 11) is -3.68. The topological polar surface area (TPSA) is 66.9 Å². The number of nitrogens with zero attached hydrogens (tertiary/aromatic N) is 2. The van der Waals surface area contributed by atoms with E-state index in [-0.39, 0.29) is 16.8 Å². The number of benzene rings is 1. The first kappa shape index (κ1) is 19.4. The summed E-state index contributed by atoms with van der Waals surface area (Å²) in [6, 6.07) is 8.70. The van der Waals surface area contributed by atoms with E-state index < -0.39 is 10.0 Å². The molecule has 0 saturated carbocycles. The predicted octanol–water partition coefficient (Wildman–Crippen LogP) is 3.80. The van der Waals surface area contributed by atoms with Crippen LogP contribution >= 0.6 is 11.3 Å². The Bertz CT molecular complexity index is 957. The quantitative estimate of drug-likeness (QED) is 0.758. The van der Waals surface area contributed by atoms with Crippen LogP contribution in [0.25, 0.3) is 0 Å². The van der Waals surface area contributed by atoms with Gasteiger partial charge < -0.3 is 9.64 Å². The fourth-order valence-electron chi connectivity index (χ4n) is 3.96. The minimum Gasteiger partial charge on any atom is -0.489 e. The predicted molar refractivity (Wildman–Crippen MR) is 109 cm³/mol. The number of carbonyl (C=O) groups is 1. The lowest BCUT2D eigenvalue weighted by atomic mass is 10.1. The molecule has 0 N–H and O–H groups in total. The number of ether oxygens (including phenoxy) is 1. The summed E-state index contributed by atoms with van der Waals surface area (Å²) in [4.78, 5) is 14.8. The number of rotatable bonds is 3. The van der Waals surface area contributed by atoms with Gasteiger partial charge in [0.1, 0.15) is 12.4 Å². The molecule has 4 rings (SSSR count). The van der Waals surface area contributed by atoms with E-state index in [1.807, 2.05) is 17.5 Å². The SMILES string of the molecule is CC(=O)N1CCOc2cc(S(=O)(=O)N3CCCCCC3c3cccs3)ccc21. The van der Waals surface area contributed by atoms with Crippen molar-refractivity contribution in [1.29, 1.82) is 0 Å². The van der Waals surface area contributed by atoms with Gasteiger partial charge >= 0.3 is 0 Å². The monoisotopic (exact) mass is 420 g/mol. The molecule has 0 spiro atoms. The maximum absolute atomic E-state index is 13.5. The molecule has 28 heavy (non-hydrogen) atoms. The second-order valence-electron chi connectivity index (χ2n) is 7.14. The zero-order chi connectivity index (χ0) is 19.7. The molecule has 0 bridgehead atoms. The average Bonchev–Trinajstić information content (AvgIpc) is 3.10. The summed E-state index contributed by atoms with van der Waals surface area (Å²) in [5, 5.41) is 1.99. The third kappa shape index (κ3) is 3.56. The van der Waals surface area contributed by atoms with Crippen molar-refractivity contribution in [1.82, 2.24) is 4.31 Å². The molecule has 8 heteroatoms. The van der Waals surface area contributed by atoms with Crippen molar-refractivity contribution in [2.45, 2.75) is 43.5 Å². The highest BCUT2D eigenvalue weighted by Gasteiger charge is 2.35. The maximum atomic E-state index is 13.5. The molecule has 1 fully saturated rings. The van der Waals surface area contributed by atoms with Crippen molar-refractivity contribution in [3.63, 3.8) is 0 Å². The van der Waals surface area contributed by atoms with Crippen LogP contribution in [0.3, 0.4) is 0 Å². The highest BCUT2D eigenvalue weighted by atomic mass is 32.2. The molecule has 1 saturated heterocycles. The van der Waals surface area contributed by atoms with Gasteiger partial charge in [0.2, 0.25) is 15.9 Å². The molecule has 2 aromatic rings. The summed E-state index contributed by atoms with van der Waals surface area (Å²) in [6.07, 6.45) is 3.75. The Morgan fingerprint density at radius 1 is 1.18 bits per heavy atom. The van der Waals surface area contributed by atoms with Gasteiger partial charge in [-0.25, -0.2) is 8.42 Å². The molecular weight excluding hydrogens is 396 g/mol. The molecule has 1 aromatic heterocycles. The van der Waals surface area contributed by atoms with E-state index in [1.54, 1.807) is 38.7 Å². The molecule has 2 aliphatic heterocycles. The van der Waals surface area contributed by atoms with Crippen LogP contribution in [0, 0.1) is 0 Å². The zero-order valence-electron chi connectivity index (χ0n) is 15.8. The molecule has 6 nitrogen and oxygen atoms in total. The van der Waals surface area contributed by atoms with E-state index in [1.165, 1.54) is 6.92 Å². The van der Waals surface area contributed by atoms with Crippen molar-refractivity contribution in [3.8, 4) is 5.75 Å². The van der Waals surface area contributed by atoms with E-state index in [0.29, 0.717) is 31.1 Å². The van der Waals surface area contributed by atoms with E-state index in [9.17, 15) is 13.2 Å². The Hall–Kier alpha value is -1.90. The molecule has 1 atom stereocenters. The Labute approximate surface area is 169 Å². The van der Waals surface area contributed by atoms with E-state index in [2.05, 4.69) is 0 Å². The van der Waals surface area contributed by atoms with Crippen molar-refractivity contribution in [3.05, 3.63) is 40.6 Å². The summed E-state index contributed by atoms with van der Waals surface area (Å²) in [6.45, 7) is 2.85. The first-order valence-corrected chi connectivity index (χ1v) is 11.9. The van der Waals surface area contributed by atoms with Crippen LogP contribution in [-0.4, -0.2) is 38.3 Å². The number of carbonyl (C=O) groups excluding carboxylic acids is 1. The molecule has 1 amide bonds. The molecule has 3 heterocycles. The van der Waals surface area contributed by atoms with Crippen LogP contribution in [0.4, 0.5) is 5.69 Å². The summed E-state index contributed by atoms with van der Waals surface area (Å²) >= 11 is 1.61. The lowest BCUT2D eigenvalue weighted by Crippen LogP contribution is -2.37. The number of anilines is 1. The fraction of sp³-hybridized carbons (Fsp3) is 0.450. The molecule has 0 radical (unpaired) electrons. The second kappa shape index (κ2) is 7.85. The Balaban J connectivity index is 1.72. The number of sulfonamides is 1. The molecule has 1 aromatic carbocycles. The highest BCUT2D eigenvalue weighted by Crippen LogP contribution is 2.39. The Kier molecular flexibility index (Phi) is 5.44. The largest absolute Gasteiger partial charge is 0.489 e. The first-order valence-electron chi connectivity index (χ1n) is 9.58. The molecular formula is C20H24N2O4S2.